The SMILES string of the molecule is CC(C)[C@@H]1C(=O)NCCN1S(=O)(=O)N1CCC[C@H]1c1ccco1. The Bertz CT molecular complexity index is 656. The normalized spacial score (nSPS) is 27.5. The van der Waals surface area contributed by atoms with Crippen molar-refractivity contribution in [2.45, 2.75) is 38.8 Å². The van der Waals surface area contributed by atoms with Gasteiger partial charge in [0.25, 0.3) is 10.2 Å². The highest BCUT2D eigenvalue weighted by molar-refractivity contribution is 7.86. The van der Waals surface area contributed by atoms with Crippen molar-refractivity contribution < 1.29 is 17.6 Å². The van der Waals surface area contributed by atoms with Crippen LogP contribution in [0.2, 0.25) is 0 Å². The Balaban J connectivity index is 1.92. The predicted octanol–water partition coefficient (Wildman–Crippen LogP) is 1.12. The summed E-state index contributed by atoms with van der Waals surface area (Å²) in [7, 11) is -3.72. The molecule has 1 amide bonds. The molecule has 0 aromatic carbocycles. The van der Waals surface area contributed by atoms with E-state index in [1.54, 1.807) is 18.4 Å². The second-order valence-electron chi connectivity index (χ2n) is 6.38. The van der Waals surface area contributed by atoms with Crippen LogP contribution in [-0.2, 0) is 15.0 Å². The number of hydrogen-bond acceptors (Lipinski definition) is 4. The maximum absolute atomic E-state index is 13.2. The van der Waals surface area contributed by atoms with E-state index in [9.17, 15) is 13.2 Å². The molecule has 3 heterocycles. The molecule has 1 aromatic rings. The van der Waals surface area contributed by atoms with Gasteiger partial charge in [0.1, 0.15) is 11.8 Å². The number of hydrogen-bond donors (Lipinski definition) is 1. The Morgan fingerprint density at radius 2 is 2.09 bits per heavy atom. The van der Waals surface area contributed by atoms with E-state index in [0.29, 0.717) is 25.4 Å². The third-order valence-electron chi connectivity index (χ3n) is 4.51. The maximum Gasteiger partial charge on any atom is 0.283 e. The Morgan fingerprint density at radius 1 is 1.30 bits per heavy atom. The fraction of sp³-hybridized carbons (Fsp3) is 0.667. The van der Waals surface area contributed by atoms with Gasteiger partial charge in [0.05, 0.1) is 12.3 Å². The molecule has 7 nitrogen and oxygen atoms in total. The fourth-order valence-corrected chi connectivity index (χ4v) is 5.58. The second-order valence-corrected chi connectivity index (χ2v) is 8.22. The van der Waals surface area contributed by atoms with E-state index in [-0.39, 0.29) is 17.9 Å². The lowest BCUT2D eigenvalue weighted by Gasteiger charge is -2.39. The minimum Gasteiger partial charge on any atom is -0.468 e. The Kier molecular flexibility index (Phi) is 4.48. The van der Waals surface area contributed by atoms with Crippen molar-refractivity contribution in [1.82, 2.24) is 13.9 Å². The van der Waals surface area contributed by atoms with Crippen molar-refractivity contribution in [1.29, 1.82) is 0 Å². The molecule has 2 aliphatic heterocycles. The third-order valence-corrected chi connectivity index (χ3v) is 6.54. The molecule has 8 heteroatoms. The summed E-state index contributed by atoms with van der Waals surface area (Å²) < 4.78 is 34.6. The molecule has 0 saturated carbocycles. The number of carbonyl (C=O) groups excluding carboxylic acids is 1. The molecule has 0 bridgehead atoms. The quantitative estimate of drug-likeness (QED) is 0.889. The Hall–Kier alpha value is -1.38. The molecule has 23 heavy (non-hydrogen) atoms. The van der Waals surface area contributed by atoms with Gasteiger partial charge in [-0.05, 0) is 30.9 Å². The minimum absolute atomic E-state index is 0.0882. The van der Waals surface area contributed by atoms with Gasteiger partial charge in [-0.25, -0.2) is 0 Å². The monoisotopic (exact) mass is 341 g/mol. The van der Waals surface area contributed by atoms with Crippen molar-refractivity contribution in [3.63, 3.8) is 0 Å². The lowest BCUT2D eigenvalue weighted by atomic mass is 10.0. The molecule has 128 valence electrons. The van der Waals surface area contributed by atoms with Gasteiger partial charge in [0.2, 0.25) is 5.91 Å². The molecule has 0 aliphatic carbocycles. The third kappa shape index (κ3) is 2.90. The first-order valence-corrected chi connectivity index (χ1v) is 9.42. The highest BCUT2D eigenvalue weighted by atomic mass is 32.2. The van der Waals surface area contributed by atoms with E-state index >= 15 is 0 Å². The topological polar surface area (TPSA) is 82.9 Å². The Labute approximate surface area is 136 Å². The Morgan fingerprint density at radius 3 is 2.74 bits per heavy atom. The van der Waals surface area contributed by atoms with Crippen molar-refractivity contribution in [3.05, 3.63) is 24.2 Å². The average Bonchev–Trinajstić information content (AvgIpc) is 3.17. The largest absolute Gasteiger partial charge is 0.468 e. The number of furan rings is 1. The van der Waals surface area contributed by atoms with Gasteiger partial charge < -0.3 is 9.73 Å². The zero-order chi connectivity index (χ0) is 16.6. The van der Waals surface area contributed by atoms with Crippen LogP contribution in [0.4, 0.5) is 0 Å². The van der Waals surface area contributed by atoms with Crippen molar-refractivity contribution in [3.8, 4) is 0 Å². The predicted molar refractivity (Wildman–Crippen MR) is 84.7 cm³/mol. The van der Waals surface area contributed by atoms with E-state index in [2.05, 4.69) is 5.32 Å². The zero-order valence-corrected chi connectivity index (χ0v) is 14.3. The lowest BCUT2D eigenvalue weighted by molar-refractivity contribution is -0.128. The van der Waals surface area contributed by atoms with Crippen LogP contribution < -0.4 is 5.32 Å². The van der Waals surface area contributed by atoms with Crippen LogP contribution in [-0.4, -0.2) is 48.6 Å². The van der Waals surface area contributed by atoms with Crippen molar-refractivity contribution in [2.24, 2.45) is 5.92 Å². The maximum atomic E-state index is 13.2. The van der Waals surface area contributed by atoms with Crippen LogP contribution in [0.5, 0.6) is 0 Å². The molecular weight excluding hydrogens is 318 g/mol. The molecule has 2 atom stereocenters. The lowest BCUT2D eigenvalue weighted by Crippen LogP contribution is -2.61. The summed E-state index contributed by atoms with van der Waals surface area (Å²) in [6.07, 6.45) is 3.08. The van der Waals surface area contributed by atoms with E-state index in [0.717, 1.165) is 12.8 Å². The second kappa shape index (κ2) is 6.26. The van der Waals surface area contributed by atoms with E-state index < -0.39 is 16.3 Å². The van der Waals surface area contributed by atoms with Crippen LogP contribution in [0.25, 0.3) is 0 Å². The van der Waals surface area contributed by atoms with Gasteiger partial charge in [-0.3, -0.25) is 4.79 Å². The summed E-state index contributed by atoms with van der Waals surface area (Å²) in [5.74, 6) is 0.354. The molecule has 2 aliphatic rings. The number of rotatable bonds is 4. The number of carbonyl (C=O) groups is 1. The van der Waals surface area contributed by atoms with E-state index in [1.165, 1.54) is 8.61 Å². The van der Waals surface area contributed by atoms with Crippen molar-refractivity contribution >= 4 is 16.1 Å². The summed E-state index contributed by atoms with van der Waals surface area (Å²) >= 11 is 0. The summed E-state index contributed by atoms with van der Waals surface area (Å²) in [6, 6.07) is 2.63. The molecule has 1 aromatic heterocycles. The molecule has 3 rings (SSSR count). The average molecular weight is 341 g/mol. The summed E-state index contributed by atoms with van der Waals surface area (Å²) in [4.78, 5) is 12.2. The standard InChI is InChI=1S/C15H23N3O4S/c1-11(2)14-15(19)16-7-9-18(14)23(20,21)17-8-3-5-12(17)13-6-4-10-22-13/h4,6,10-12,14H,3,5,7-9H2,1-2H3,(H,16,19)/t12-,14+/m0/s1. The van der Waals surface area contributed by atoms with Crippen LogP contribution >= 0.6 is 0 Å². The first-order valence-electron chi connectivity index (χ1n) is 8.02. The molecule has 0 spiro atoms. The van der Waals surface area contributed by atoms with E-state index in [4.69, 9.17) is 4.42 Å². The van der Waals surface area contributed by atoms with Gasteiger partial charge in [0, 0.05) is 19.6 Å². The van der Waals surface area contributed by atoms with Crippen LogP contribution in [0.15, 0.2) is 22.8 Å². The van der Waals surface area contributed by atoms with Gasteiger partial charge in [-0.15, -0.1) is 0 Å². The summed E-state index contributed by atoms with van der Waals surface area (Å²) in [6.45, 7) is 4.84. The van der Waals surface area contributed by atoms with Gasteiger partial charge in [-0.2, -0.15) is 17.0 Å². The first-order chi connectivity index (χ1) is 10.9. The molecule has 2 saturated heterocycles. The molecule has 0 radical (unpaired) electrons. The van der Waals surface area contributed by atoms with Crippen LogP contribution in [0.1, 0.15) is 38.5 Å². The van der Waals surface area contributed by atoms with Gasteiger partial charge in [-0.1, -0.05) is 13.8 Å². The smallest absolute Gasteiger partial charge is 0.283 e. The van der Waals surface area contributed by atoms with Crippen LogP contribution in [0, 0.1) is 5.92 Å². The molecule has 1 N–H and O–H groups in total. The highest BCUT2D eigenvalue weighted by Gasteiger charge is 2.46. The van der Waals surface area contributed by atoms with Gasteiger partial charge in [0.15, 0.2) is 0 Å². The number of amides is 1. The summed E-state index contributed by atoms with van der Waals surface area (Å²) in [5.41, 5.74) is 0. The van der Waals surface area contributed by atoms with E-state index in [1.807, 2.05) is 13.8 Å². The number of nitrogens with one attached hydrogen (secondary N) is 1. The zero-order valence-electron chi connectivity index (χ0n) is 13.4. The number of nitrogens with zero attached hydrogens (tertiary/aromatic N) is 2. The molecule has 2 fully saturated rings. The highest BCUT2D eigenvalue weighted by Crippen LogP contribution is 2.36. The van der Waals surface area contributed by atoms with Crippen molar-refractivity contribution in [2.75, 3.05) is 19.6 Å². The number of piperazine rings is 1. The first kappa shape index (κ1) is 16.5. The molecule has 0 unspecified atom stereocenters. The minimum atomic E-state index is -3.72. The van der Waals surface area contributed by atoms with Gasteiger partial charge >= 0.3 is 0 Å². The molecular formula is C15H23N3O4S. The summed E-state index contributed by atoms with van der Waals surface area (Å²) in [5, 5.41) is 2.76. The fourth-order valence-electron chi connectivity index (χ4n) is 3.47. The van der Waals surface area contributed by atoms with Crippen LogP contribution in [0.3, 0.4) is 0 Å².